The molecule has 1 aliphatic heterocycles. The molecule has 8 heteroatoms. The molecule has 1 aliphatic rings. The standard InChI is InChI=1S/C20H22ClN3O4/c1-13-4-2-5-15(8-13)24-20(26)23-12-18(25)22-11-14-9-16(21)19-17(10-14)27-6-3-7-28-19/h2,4-5,8-10H,3,6-7,11-12H2,1H3,(H,22,25)(H2,23,24,26). The van der Waals surface area contributed by atoms with E-state index in [0.717, 1.165) is 17.5 Å². The first-order chi connectivity index (χ1) is 13.5. The number of halogens is 1. The van der Waals surface area contributed by atoms with Gasteiger partial charge in [0.15, 0.2) is 11.5 Å². The minimum atomic E-state index is -0.445. The van der Waals surface area contributed by atoms with Crippen molar-refractivity contribution in [3.05, 3.63) is 52.5 Å². The van der Waals surface area contributed by atoms with Gasteiger partial charge < -0.3 is 25.4 Å². The number of amides is 3. The van der Waals surface area contributed by atoms with E-state index < -0.39 is 6.03 Å². The molecular formula is C20H22ClN3O4. The number of urea groups is 1. The first-order valence-electron chi connectivity index (χ1n) is 8.97. The summed E-state index contributed by atoms with van der Waals surface area (Å²) >= 11 is 6.24. The van der Waals surface area contributed by atoms with E-state index in [-0.39, 0.29) is 19.0 Å². The molecule has 0 bridgehead atoms. The second-order valence-electron chi connectivity index (χ2n) is 6.41. The van der Waals surface area contributed by atoms with Crippen LogP contribution in [0.1, 0.15) is 17.5 Å². The highest BCUT2D eigenvalue weighted by Crippen LogP contribution is 2.37. The van der Waals surface area contributed by atoms with E-state index in [4.69, 9.17) is 21.1 Å². The lowest BCUT2D eigenvalue weighted by molar-refractivity contribution is -0.120. The molecule has 7 nitrogen and oxygen atoms in total. The summed E-state index contributed by atoms with van der Waals surface area (Å²) in [7, 11) is 0. The Hall–Kier alpha value is -2.93. The van der Waals surface area contributed by atoms with E-state index >= 15 is 0 Å². The van der Waals surface area contributed by atoms with E-state index in [1.807, 2.05) is 25.1 Å². The van der Waals surface area contributed by atoms with E-state index in [0.29, 0.717) is 35.4 Å². The summed E-state index contributed by atoms with van der Waals surface area (Å²) < 4.78 is 11.2. The Bertz CT molecular complexity index is 873. The molecule has 0 aliphatic carbocycles. The summed E-state index contributed by atoms with van der Waals surface area (Å²) in [5, 5.41) is 8.39. The Morgan fingerprint density at radius 3 is 2.75 bits per heavy atom. The molecule has 2 aromatic carbocycles. The van der Waals surface area contributed by atoms with Crippen LogP contribution in [0.25, 0.3) is 0 Å². The molecule has 2 aromatic rings. The van der Waals surface area contributed by atoms with E-state index in [9.17, 15) is 9.59 Å². The highest BCUT2D eigenvalue weighted by Gasteiger charge is 2.16. The molecule has 1 heterocycles. The van der Waals surface area contributed by atoms with Gasteiger partial charge in [-0.15, -0.1) is 0 Å². The maximum Gasteiger partial charge on any atom is 0.319 e. The fraction of sp³-hybridized carbons (Fsp3) is 0.300. The number of ether oxygens (including phenoxy) is 2. The minimum Gasteiger partial charge on any atom is -0.489 e. The van der Waals surface area contributed by atoms with Gasteiger partial charge in [0.1, 0.15) is 0 Å². The molecule has 3 amide bonds. The lowest BCUT2D eigenvalue weighted by atomic mass is 10.2. The van der Waals surface area contributed by atoms with Gasteiger partial charge in [0.25, 0.3) is 0 Å². The van der Waals surface area contributed by atoms with Crippen molar-refractivity contribution in [2.24, 2.45) is 0 Å². The summed E-state index contributed by atoms with van der Waals surface area (Å²) in [5.74, 6) is 0.788. The van der Waals surface area contributed by atoms with Crippen molar-refractivity contribution in [2.45, 2.75) is 19.9 Å². The zero-order valence-electron chi connectivity index (χ0n) is 15.5. The molecule has 0 fully saturated rings. The molecule has 0 unspecified atom stereocenters. The maximum atomic E-state index is 12.0. The van der Waals surface area contributed by atoms with Crippen molar-refractivity contribution in [1.82, 2.24) is 10.6 Å². The quantitative estimate of drug-likeness (QED) is 0.715. The molecular weight excluding hydrogens is 382 g/mol. The fourth-order valence-electron chi connectivity index (χ4n) is 2.71. The smallest absolute Gasteiger partial charge is 0.319 e. The number of carbonyl (C=O) groups is 2. The van der Waals surface area contributed by atoms with Crippen molar-refractivity contribution < 1.29 is 19.1 Å². The fourth-order valence-corrected chi connectivity index (χ4v) is 3.00. The predicted octanol–water partition coefficient (Wildman–Crippen LogP) is 3.25. The summed E-state index contributed by atoms with van der Waals surface area (Å²) in [5.41, 5.74) is 2.48. The number of hydrogen-bond donors (Lipinski definition) is 3. The summed E-state index contributed by atoms with van der Waals surface area (Å²) in [6, 6.07) is 10.5. The Balaban J connectivity index is 1.47. The van der Waals surface area contributed by atoms with Crippen molar-refractivity contribution in [3.63, 3.8) is 0 Å². The van der Waals surface area contributed by atoms with Gasteiger partial charge in [-0.2, -0.15) is 0 Å². The first-order valence-corrected chi connectivity index (χ1v) is 9.35. The van der Waals surface area contributed by atoms with E-state index in [1.165, 1.54) is 0 Å². The van der Waals surface area contributed by atoms with Gasteiger partial charge in [-0.05, 0) is 42.3 Å². The van der Waals surface area contributed by atoms with Crippen LogP contribution in [0.3, 0.4) is 0 Å². The summed E-state index contributed by atoms with van der Waals surface area (Å²) in [6.07, 6.45) is 0.785. The first kappa shape index (κ1) is 19.8. The lowest BCUT2D eigenvalue weighted by Gasteiger charge is -2.12. The van der Waals surface area contributed by atoms with Crippen molar-refractivity contribution in [3.8, 4) is 11.5 Å². The molecule has 0 aromatic heterocycles. The number of carbonyl (C=O) groups excluding carboxylic acids is 2. The molecule has 3 N–H and O–H groups in total. The highest BCUT2D eigenvalue weighted by atomic mass is 35.5. The third-order valence-electron chi connectivity index (χ3n) is 4.04. The number of rotatable bonds is 5. The summed E-state index contributed by atoms with van der Waals surface area (Å²) in [6.45, 7) is 3.16. The van der Waals surface area contributed by atoms with Crippen LogP contribution >= 0.6 is 11.6 Å². The number of fused-ring (bicyclic) bond motifs is 1. The monoisotopic (exact) mass is 403 g/mol. The van der Waals surface area contributed by atoms with Crippen LogP contribution in [0, 0.1) is 6.92 Å². The number of anilines is 1. The average molecular weight is 404 g/mol. The zero-order chi connectivity index (χ0) is 19.9. The molecule has 0 radical (unpaired) electrons. The second kappa shape index (κ2) is 9.32. The Labute approximate surface area is 168 Å². The maximum absolute atomic E-state index is 12.0. The van der Waals surface area contributed by atoms with Gasteiger partial charge in [0.2, 0.25) is 5.91 Å². The number of nitrogens with one attached hydrogen (secondary N) is 3. The topological polar surface area (TPSA) is 88.7 Å². The SMILES string of the molecule is Cc1cccc(NC(=O)NCC(=O)NCc2cc(Cl)c3c(c2)OCCCO3)c1. The lowest BCUT2D eigenvalue weighted by Crippen LogP contribution is -2.38. The van der Waals surface area contributed by atoms with E-state index in [2.05, 4.69) is 16.0 Å². The van der Waals surface area contributed by atoms with Gasteiger partial charge in [0.05, 0.1) is 24.8 Å². The van der Waals surface area contributed by atoms with Gasteiger partial charge in [-0.1, -0.05) is 23.7 Å². The largest absolute Gasteiger partial charge is 0.489 e. The van der Waals surface area contributed by atoms with Crippen molar-refractivity contribution >= 4 is 29.2 Å². The van der Waals surface area contributed by atoms with Crippen molar-refractivity contribution in [1.29, 1.82) is 0 Å². The average Bonchev–Trinajstić information content (AvgIpc) is 2.90. The van der Waals surface area contributed by atoms with Crippen LogP contribution in [-0.2, 0) is 11.3 Å². The zero-order valence-corrected chi connectivity index (χ0v) is 16.3. The molecule has 3 rings (SSSR count). The molecule has 148 valence electrons. The number of aryl methyl sites for hydroxylation is 1. The third kappa shape index (κ3) is 5.53. The van der Waals surface area contributed by atoms with Gasteiger partial charge >= 0.3 is 6.03 Å². The molecule has 0 spiro atoms. The van der Waals surface area contributed by atoms with Crippen LogP contribution in [0.4, 0.5) is 10.5 Å². The highest BCUT2D eigenvalue weighted by molar-refractivity contribution is 6.32. The van der Waals surface area contributed by atoms with Gasteiger partial charge in [-0.25, -0.2) is 4.79 Å². The number of hydrogen-bond acceptors (Lipinski definition) is 4. The summed E-state index contributed by atoms with van der Waals surface area (Å²) in [4.78, 5) is 23.9. The molecule has 0 saturated carbocycles. The van der Waals surface area contributed by atoms with Crippen LogP contribution in [0.5, 0.6) is 11.5 Å². The van der Waals surface area contributed by atoms with Gasteiger partial charge in [0, 0.05) is 18.7 Å². The molecule has 28 heavy (non-hydrogen) atoms. The minimum absolute atomic E-state index is 0.143. The Kier molecular flexibility index (Phi) is 6.60. The second-order valence-corrected chi connectivity index (χ2v) is 6.82. The van der Waals surface area contributed by atoms with Crippen molar-refractivity contribution in [2.75, 3.05) is 25.1 Å². The predicted molar refractivity (Wildman–Crippen MR) is 107 cm³/mol. The molecule has 0 saturated heterocycles. The Morgan fingerprint density at radius 2 is 1.93 bits per heavy atom. The van der Waals surface area contributed by atoms with Crippen LogP contribution in [-0.4, -0.2) is 31.7 Å². The van der Waals surface area contributed by atoms with Crippen LogP contribution < -0.4 is 25.4 Å². The van der Waals surface area contributed by atoms with Crippen LogP contribution in [0.15, 0.2) is 36.4 Å². The number of benzene rings is 2. The Morgan fingerprint density at radius 1 is 1.11 bits per heavy atom. The normalized spacial score (nSPS) is 12.6. The van der Waals surface area contributed by atoms with E-state index in [1.54, 1.807) is 18.2 Å². The van der Waals surface area contributed by atoms with Crippen LogP contribution in [0.2, 0.25) is 5.02 Å². The molecule has 0 atom stereocenters. The van der Waals surface area contributed by atoms with Gasteiger partial charge in [-0.3, -0.25) is 4.79 Å². The third-order valence-corrected chi connectivity index (χ3v) is 4.32.